The second-order valence-electron chi connectivity index (χ2n) is 7.45. The Morgan fingerprint density at radius 3 is 2.35 bits per heavy atom. The van der Waals surface area contributed by atoms with Gasteiger partial charge in [0.15, 0.2) is 0 Å². The minimum Gasteiger partial charge on any atom is -0.496 e. The number of halogens is 1. The van der Waals surface area contributed by atoms with Gasteiger partial charge in [-0.2, -0.15) is 4.31 Å². The number of amides is 1. The summed E-state index contributed by atoms with van der Waals surface area (Å²) < 4.78 is 37.8. The van der Waals surface area contributed by atoms with Gasteiger partial charge in [0.05, 0.1) is 30.2 Å². The molecule has 1 heterocycles. The lowest BCUT2D eigenvalue weighted by atomic mass is 9.96. The second-order valence-corrected chi connectivity index (χ2v) is 9.79. The Bertz CT molecular complexity index is 1040. The van der Waals surface area contributed by atoms with E-state index in [0.717, 1.165) is 11.3 Å². The zero-order valence-corrected chi connectivity index (χ0v) is 19.4. The molecule has 31 heavy (non-hydrogen) atoms. The summed E-state index contributed by atoms with van der Waals surface area (Å²) in [6.45, 7) is 2.45. The van der Waals surface area contributed by atoms with Gasteiger partial charge < -0.3 is 14.8 Å². The quantitative estimate of drug-likeness (QED) is 0.673. The Morgan fingerprint density at radius 1 is 1.10 bits per heavy atom. The van der Waals surface area contributed by atoms with Crippen molar-refractivity contribution in [2.24, 2.45) is 5.92 Å². The van der Waals surface area contributed by atoms with Crippen molar-refractivity contribution in [2.75, 3.05) is 27.3 Å². The highest BCUT2D eigenvalue weighted by Crippen LogP contribution is 2.31. The van der Waals surface area contributed by atoms with Crippen LogP contribution in [0.25, 0.3) is 0 Å². The van der Waals surface area contributed by atoms with Crippen LogP contribution in [0.3, 0.4) is 0 Å². The van der Waals surface area contributed by atoms with E-state index in [1.165, 1.54) is 29.6 Å². The van der Waals surface area contributed by atoms with Crippen molar-refractivity contribution in [3.8, 4) is 11.5 Å². The molecular formula is C22H27ClN2O5S. The predicted molar refractivity (Wildman–Crippen MR) is 119 cm³/mol. The molecule has 0 bridgehead atoms. The number of rotatable bonds is 7. The van der Waals surface area contributed by atoms with Crippen LogP contribution in [0, 0.1) is 5.92 Å². The fourth-order valence-corrected chi connectivity index (χ4v) is 5.57. The Morgan fingerprint density at radius 2 is 1.74 bits per heavy atom. The summed E-state index contributed by atoms with van der Waals surface area (Å²) in [6, 6.07) is 11.7. The van der Waals surface area contributed by atoms with Crippen molar-refractivity contribution in [1.29, 1.82) is 0 Å². The molecule has 7 nitrogen and oxygen atoms in total. The summed E-state index contributed by atoms with van der Waals surface area (Å²) in [5, 5.41) is 3.27. The normalized spacial score (nSPS) is 16.5. The molecule has 1 amide bonds. The maximum atomic E-state index is 13.0. The molecule has 0 radical (unpaired) electrons. The van der Waals surface area contributed by atoms with E-state index in [2.05, 4.69) is 5.32 Å². The first-order valence-electron chi connectivity index (χ1n) is 10.0. The minimum atomic E-state index is -3.69. The molecule has 2 aromatic rings. The lowest BCUT2D eigenvalue weighted by molar-refractivity contribution is -0.126. The highest BCUT2D eigenvalue weighted by Gasteiger charge is 2.33. The smallest absolute Gasteiger partial charge is 0.243 e. The van der Waals surface area contributed by atoms with Crippen LogP contribution in [-0.2, 0) is 14.8 Å². The lowest BCUT2D eigenvalue weighted by Crippen LogP contribution is -2.43. The zero-order chi connectivity index (χ0) is 22.6. The van der Waals surface area contributed by atoms with Crippen molar-refractivity contribution in [3.63, 3.8) is 0 Å². The molecule has 0 saturated carbocycles. The number of nitrogens with zero attached hydrogens (tertiary/aromatic N) is 1. The van der Waals surface area contributed by atoms with Crippen LogP contribution in [0.2, 0.25) is 5.02 Å². The number of sulfonamides is 1. The summed E-state index contributed by atoms with van der Waals surface area (Å²) in [7, 11) is -0.620. The average Bonchev–Trinajstić information content (AvgIpc) is 2.78. The summed E-state index contributed by atoms with van der Waals surface area (Å²) in [5.74, 6) is 0.806. The van der Waals surface area contributed by atoms with E-state index in [1.807, 2.05) is 31.2 Å². The highest BCUT2D eigenvalue weighted by atomic mass is 35.5. The predicted octanol–water partition coefficient (Wildman–Crippen LogP) is 3.64. The van der Waals surface area contributed by atoms with E-state index in [9.17, 15) is 13.2 Å². The number of carbonyl (C=O) groups is 1. The van der Waals surface area contributed by atoms with Gasteiger partial charge in [-0.05, 0) is 44.0 Å². The molecule has 1 saturated heterocycles. The van der Waals surface area contributed by atoms with Crippen LogP contribution >= 0.6 is 11.6 Å². The van der Waals surface area contributed by atoms with Crippen LogP contribution < -0.4 is 14.8 Å². The fourth-order valence-electron chi connectivity index (χ4n) is 3.75. The molecule has 1 atom stereocenters. The van der Waals surface area contributed by atoms with Crippen molar-refractivity contribution in [1.82, 2.24) is 9.62 Å². The molecule has 3 rings (SSSR count). The second kappa shape index (κ2) is 9.89. The van der Waals surface area contributed by atoms with Gasteiger partial charge in [-0.25, -0.2) is 8.42 Å². The molecule has 9 heteroatoms. The van der Waals surface area contributed by atoms with Gasteiger partial charge in [0.25, 0.3) is 0 Å². The number of benzene rings is 2. The van der Waals surface area contributed by atoms with Crippen LogP contribution in [0.15, 0.2) is 47.4 Å². The number of para-hydroxylation sites is 1. The zero-order valence-electron chi connectivity index (χ0n) is 17.8. The number of hydrogen-bond donors (Lipinski definition) is 1. The molecule has 1 aliphatic heterocycles. The molecule has 0 aliphatic carbocycles. The number of piperidine rings is 1. The standard InChI is InChI=1S/C22H27ClN2O5S/c1-15(18-6-4-5-7-20(18)29-2)24-22(26)16-10-12-25(13-11-16)31(27,28)17-8-9-21(30-3)19(23)14-17/h4-9,14-16H,10-13H2,1-3H3,(H,24,26). The first-order valence-corrected chi connectivity index (χ1v) is 11.9. The maximum absolute atomic E-state index is 13.0. The third-order valence-corrected chi connectivity index (χ3v) is 7.74. The van der Waals surface area contributed by atoms with Crippen molar-refractivity contribution < 1.29 is 22.7 Å². The molecule has 168 valence electrons. The van der Waals surface area contributed by atoms with Gasteiger partial charge in [0, 0.05) is 24.6 Å². The summed E-state index contributed by atoms with van der Waals surface area (Å²) in [4.78, 5) is 12.9. The molecule has 0 spiro atoms. The molecule has 1 unspecified atom stereocenters. The monoisotopic (exact) mass is 466 g/mol. The van der Waals surface area contributed by atoms with E-state index in [1.54, 1.807) is 7.11 Å². The molecule has 0 aromatic heterocycles. The van der Waals surface area contributed by atoms with E-state index in [0.29, 0.717) is 18.6 Å². The molecule has 1 aliphatic rings. The molecule has 1 N–H and O–H groups in total. The van der Waals surface area contributed by atoms with Crippen LogP contribution in [0.5, 0.6) is 11.5 Å². The average molecular weight is 467 g/mol. The number of ether oxygens (including phenoxy) is 2. The Kier molecular flexibility index (Phi) is 7.46. The third kappa shape index (κ3) is 5.14. The molecule has 1 fully saturated rings. The number of carbonyl (C=O) groups excluding carboxylic acids is 1. The van der Waals surface area contributed by atoms with Gasteiger partial charge in [0.1, 0.15) is 11.5 Å². The maximum Gasteiger partial charge on any atom is 0.243 e. The SMILES string of the molecule is COc1ccc(S(=O)(=O)N2CCC(C(=O)NC(C)c3ccccc3OC)CC2)cc1Cl. The van der Waals surface area contributed by atoms with Crippen molar-refractivity contribution in [3.05, 3.63) is 53.1 Å². The lowest BCUT2D eigenvalue weighted by Gasteiger charge is -2.31. The van der Waals surface area contributed by atoms with Crippen LogP contribution in [0.4, 0.5) is 0 Å². The molecule has 2 aromatic carbocycles. The summed E-state index contributed by atoms with van der Waals surface area (Å²) in [6.07, 6.45) is 0.904. The van der Waals surface area contributed by atoms with Gasteiger partial charge >= 0.3 is 0 Å². The summed E-state index contributed by atoms with van der Waals surface area (Å²) in [5.41, 5.74) is 0.898. The Balaban J connectivity index is 1.62. The van der Waals surface area contributed by atoms with E-state index in [-0.39, 0.29) is 40.9 Å². The minimum absolute atomic E-state index is 0.0806. The number of methoxy groups -OCH3 is 2. The van der Waals surface area contributed by atoms with E-state index in [4.69, 9.17) is 21.1 Å². The van der Waals surface area contributed by atoms with Crippen molar-refractivity contribution in [2.45, 2.75) is 30.7 Å². The van der Waals surface area contributed by atoms with Crippen molar-refractivity contribution >= 4 is 27.5 Å². The van der Waals surface area contributed by atoms with E-state index < -0.39 is 10.0 Å². The first-order chi connectivity index (χ1) is 14.8. The number of nitrogens with one attached hydrogen (secondary N) is 1. The fraction of sp³-hybridized carbons (Fsp3) is 0.409. The Labute approximate surface area is 188 Å². The van der Waals surface area contributed by atoms with Gasteiger partial charge in [-0.3, -0.25) is 4.79 Å². The first kappa shape index (κ1) is 23.4. The van der Waals surface area contributed by atoms with Gasteiger partial charge in [-0.1, -0.05) is 29.8 Å². The topological polar surface area (TPSA) is 84.9 Å². The van der Waals surface area contributed by atoms with Gasteiger partial charge in [0.2, 0.25) is 15.9 Å². The molecular weight excluding hydrogens is 440 g/mol. The van der Waals surface area contributed by atoms with Crippen LogP contribution in [-0.4, -0.2) is 45.9 Å². The Hall–Kier alpha value is -2.29. The van der Waals surface area contributed by atoms with Gasteiger partial charge in [-0.15, -0.1) is 0 Å². The third-order valence-electron chi connectivity index (χ3n) is 5.55. The largest absolute Gasteiger partial charge is 0.496 e. The highest BCUT2D eigenvalue weighted by molar-refractivity contribution is 7.89. The van der Waals surface area contributed by atoms with Crippen LogP contribution in [0.1, 0.15) is 31.4 Å². The summed E-state index contributed by atoms with van der Waals surface area (Å²) >= 11 is 6.09. The van der Waals surface area contributed by atoms with E-state index >= 15 is 0 Å². The number of hydrogen-bond acceptors (Lipinski definition) is 5.